The molecular formula is C33H39N2O+. The van der Waals surface area contributed by atoms with Gasteiger partial charge in [0.05, 0.1) is 13.5 Å². The Morgan fingerprint density at radius 3 is 2.50 bits per heavy atom. The molecular weight excluding hydrogens is 440 g/mol. The van der Waals surface area contributed by atoms with Crippen LogP contribution < -0.4 is 4.57 Å². The molecule has 0 aliphatic heterocycles. The van der Waals surface area contributed by atoms with E-state index in [1.807, 2.05) is 25.1 Å². The summed E-state index contributed by atoms with van der Waals surface area (Å²) >= 11 is 0. The number of benzene rings is 2. The SMILES string of the molecule is [2H]c1c(C([2H])([2H])C(C)(C)C)c(C([2H])([2H])[2H])c(C)[n+](C)c1-c1c(C)ccc2c1oc1c(C3([2H])CCCCC3)c([N+]#[C-])ccc12. The van der Waals surface area contributed by atoms with Crippen LogP contribution in [0.15, 0.2) is 34.7 Å². The molecule has 1 saturated carbocycles. The molecule has 0 spiro atoms. The molecule has 0 saturated heterocycles. The van der Waals surface area contributed by atoms with Gasteiger partial charge < -0.3 is 4.42 Å². The summed E-state index contributed by atoms with van der Waals surface area (Å²) in [5.74, 6) is -0.945. The molecule has 186 valence electrons. The first-order valence-electron chi connectivity index (χ1n) is 16.3. The van der Waals surface area contributed by atoms with Crippen molar-refractivity contribution in [3.8, 4) is 11.3 Å². The summed E-state index contributed by atoms with van der Waals surface area (Å²) in [6.07, 6.45) is 2.02. The summed E-state index contributed by atoms with van der Waals surface area (Å²) < 4.78 is 70.5. The third kappa shape index (κ3) is 4.11. The van der Waals surface area contributed by atoms with Gasteiger partial charge in [0.25, 0.3) is 0 Å². The Labute approximate surface area is 225 Å². The number of aryl methyl sites for hydroxylation is 1. The first-order valence-corrected chi connectivity index (χ1v) is 12.8. The van der Waals surface area contributed by atoms with E-state index in [1.54, 1.807) is 45.4 Å². The van der Waals surface area contributed by atoms with Crippen molar-refractivity contribution in [2.45, 2.75) is 85.8 Å². The van der Waals surface area contributed by atoms with Gasteiger partial charge in [-0.15, -0.1) is 0 Å². The highest BCUT2D eigenvalue weighted by Gasteiger charge is 2.28. The number of pyridine rings is 1. The van der Waals surface area contributed by atoms with Gasteiger partial charge in [-0.2, -0.15) is 4.57 Å². The molecule has 1 fully saturated rings. The maximum Gasteiger partial charge on any atom is 0.216 e. The van der Waals surface area contributed by atoms with Crippen LogP contribution in [-0.2, 0) is 13.4 Å². The molecule has 36 heavy (non-hydrogen) atoms. The number of fused-ring (bicyclic) bond motifs is 3. The summed E-state index contributed by atoms with van der Waals surface area (Å²) in [7, 11) is 1.71. The lowest BCUT2D eigenvalue weighted by Gasteiger charge is -2.23. The molecule has 0 bridgehead atoms. The largest absolute Gasteiger partial charge is 0.456 e. The van der Waals surface area contributed by atoms with E-state index in [1.165, 1.54) is 0 Å². The van der Waals surface area contributed by atoms with E-state index in [0.29, 0.717) is 52.2 Å². The van der Waals surface area contributed by atoms with Crippen LogP contribution in [0.4, 0.5) is 5.69 Å². The van der Waals surface area contributed by atoms with Crippen LogP contribution in [0.2, 0.25) is 0 Å². The van der Waals surface area contributed by atoms with Crippen molar-refractivity contribution in [3.63, 3.8) is 0 Å². The molecule has 0 N–H and O–H groups in total. The predicted octanol–water partition coefficient (Wildman–Crippen LogP) is 9.19. The average Bonchev–Trinajstić information content (AvgIpc) is 3.28. The van der Waals surface area contributed by atoms with E-state index >= 15 is 0 Å². The lowest BCUT2D eigenvalue weighted by atomic mass is 9.82. The number of hydrogen-bond donors (Lipinski definition) is 0. The first-order chi connectivity index (χ1) is 19.9. The van der Waals surface area contributed by atoms with Gasteiger partial charge in [0.15, 0.2) is 11.4 Å². The van der Waals surface area contributed by atoms with E-state index in [-0.39, 0.29) is 17.2 Å². The number of nitrogens with zero attached hydrogens (tertiary/aromatic N) is 2. The molecule has 0 unspecified atom stereocenters. The molecule has 4 aromatic rings. The van der Waals surface area contributed by atoms with Crippen LogP contribution in [0.1, 0.15) is 96.3 Å². The minimum absolute atomic E-state index is 0.138. The van der Waals surface area contributed by atoms with Crippen molar-refractivity contribution in [3.05, 3.63) is 69.7 Å². The normalized spacial score (nSPS) is 19.5. The van der Waals surface area contributed by atoms with E-state index in [2.05, 4.69) is 4.85 Å². The van der Waals surface area contributed by atoms with Crippen LogP contribution in [0.3, 0.4) is 0 Å². The number of hydrogen-bond acceptors (Lipinski definition) is 1. The maximum atomic E-state index is 9.46. The molecule has 5 rings (SSSR count). The second kappa shape index (κ2) is 9.07. The van der Waals surface area contributed by atoms with Crippen LogP contribution in [0.5, 0.6) is 0 Å². The van der Waals surface area contributed by atoms with Crippen LogP contribution >= 0.6 is 0 Å². The van der Waals surface area contributed by atoms with Gasteiger partial charge in [-0.3, -0.25) is 0 Å². The van der Waals surface area contributed by atoms with Gasteiger partial charge in [0.1, 0.15) is 18.2 Å². The number of rotatable bonds is 3. The molecule has 2 aromatic heterocycles. The standard InChI is InChI=1S/C33H39N2O/c1-20-14-15-25-26-16-17-27(34-7)30(23-12-10-9-11-13-23)32(26)36-31(25)29(20)28-18-24(19-33(4,5)6)21(2)22(3)35(28)8/h14-18,23H,9-13,19H2,1-6,8H3/q+1/i2D3,18D,19D2,23D. The van der Waals surface area contributed by atoms with Crippen molar-refractivity contribution < 1.29 is 18.6 Å². The van der Waals surface area contributed by atoms with Crippen LogP contribution in [-0.4, -0.2) is 0 Å². The fourth-order valence-corrected chi connectivity index (χ4v) is 5.43. The highest BCUT2D eigenvalue weighted by atomic mass is 16.3. The molecule has 2 aromatic carbocycles. The molecule has 3 heteroatoms. The fraction of sp³-hybridized carbons (Fsp3) is 0.455. The summed E-state index contributed by atoms with van der Waals surface area (Å²) in [4.78, 5) is 3.78. The van der Waals surface area contributed by atoms with E-state index in [0.717, 1.165) is 35.6 Å². The summed E-state index contributed by atoms with van der Waals surface area (Å²) in [6, 6.07) is 7.31. The molecule has 0 radical (unpaired) electrons. The average molecular weight is 487 g/mol. The van der Waals surface area contributed by atoms with Crippen LogP contribution in [0.25, 0.3) is 38.0 Å². The zero-order valence-corrected chi connectivity index (χ0v) is 22.1. The Hall–Kier alpha value is -3.12. The second-order valence-corrected chi connectivity index (χ2v) is 11.1. The molecule has 0 amide bonds. The van der Waals surface area contributed by atoms with Crippen molar-refractivity contribution in [1.82, 2.24) is 0 Å². The second-order valence-electron chi connectivity index (χ2n) is 11.1. The Morgan fingerprint density at radius 1 is 1.14 bits per heavy atom. The van der Waals surface area contributed by atoms with Crippen molar-refractivity contribution in [2.75, 3.05) is 0 Å². The number of aromatic nitrogens is 1. The topological polar surface area (TPSA) is 21.4 Å². The third-order valence-corrected chi connectivity index (χ3v) is 7.36. The minimum atomic E-state index is -2.64. The molecule has 3 nitrogen and oxygen atoms in total. The lowest BCUT2D eigenvalue weighted by Crippen LogP contribution is -2.36. The monoisotopic (exact) mass is 486 g/mol. The predicted molar refractivity (Wildman–Crippen MR) is 150 cm³/mol. The van der Waals surface area contributed by atoms with Gasteiger partial charge in [-0.25, -0.2) is 4.85 Å². The first kappa shape index (κ1) is 17.4. The zero-order chi connectivity index (χ0) is 31.9. The summed E-state index contributed by atoms with van der Waals surface area (Å²) in [5.41, 5.74) is 2.78. The van der Waals surface area contributed by atoms with Gasteiger partial charge >= 0.3 is 0 Å². The van der Waals surface area contributed by atoms with Gasteiger partial charge in [-0.1, -0.05) is 64.3 Å². The Kier molecular flexibility index (Phi) is 4.37. The summed E-state index contributed by atoms with van der Waals surface area (Å²) in [6.45, 7) is 13.9. The molecule has 1 aliphatic rings. The molecule has 1 aliphatic carbocycles. The molecule has 0 atom stereocenters. The Morgan fingerprint density at radius 2 is 1.83 bits per heavy atom. The maximum absolute atomic E-state index is 9.46. The van der Waals surface area contributed by atoms with Crippen molar-refractivity contribution >= 4 is 27.6 Å². The number of furan rings is 1. The van der Waals surface area contributed by atoms with Crippen LogP contribution in [0, 0.1) is 32.7 Å². The van der Waals surface area contributed by atoms with Crippen molar-refractivity contribution in [1.29, 1.82) is 0 Å². The van der Waals surface area contributed by atoms with E-state index in [9.17, 15) is 2.74 Å². The summed E-state index contributed by atoms with van der Waals surface area (Å²) in [5, 5.41) is 1.55. The molecule has 2 heterocycles. The Balaban J connectivity index is 1.95. The lowest BCUT2D eigenvalue weighted by molar-refractivity contribution is -0.667. The third-order valence-electron chi connectivity index (χ3n) is 7.36. The van der Waals surface area contributed by atoms with Crippen molar-refractivity contribution in [2.24, 2.45) is 12.5 Å². The zero-order valence-electron chi connectivity index (χ0n) is 29.1. The van der Waals surface area contributed by atoms with Gasteiger partial charge in [0, 0.05) is 43.1 Å². The fourth-order valence-electron chi connectivity index (χ4n) is 5.43. The smallest absolute Gasteiger partial charge is 0.216 e. The Bertz CT molecular complexity index is 1810. The quantitative estimate of drug-likeness (QED) is 0.209. The van der Waals surface area contributed by atoms with Gasteiger partial charge in [0.2, 0.25) is 5.69 Å². The highest BCUT2D eigenvalue weighted by molar-refractivity contribution is 6.11. The van der Waals surface area contributed by atoms with Gasteiger partial charge in [-0.05, 0) is 55.4 Å². The highest BCUT2D eigenvalue weighted by Crippen LogP contribution is 2.46. The minimum Gasteiger partial charge on any atom is -0.456 e. The van der Waals surface area contributed by atoms with E-state index < -0.39 is 24.5 Å². The van der Waals surface area contributed by atoms with E-state index in [4.69, 9.17) is 17.8 Å².